The lowest BCUT2D eigenvalue weighted by Crippen LogP contribution is -2.10. The van der Waals surface area contributed by atoms with Gasteiger partial charge in [0.15, 0.2) is 0 Å². The molecule has 5 heteroatoms. The molecule has 1 unspecified atom stereocenters. The molecule has 0 spiro atoms. The molecule has 0 radical (unpaired) electrons. The summed E-state index contributed by atoms with van der Waals surface area (Å²) in [6.45, 7) is 2.21. The van der Waals surface area contributed by atoms with Crippen LogP contribution in [0.15, 0.2) is 29.2 Å². The summed E-state index contributed by atoms with van der Waals surface area (Å²) in [6.07, 6.45) is 3.23. The van der Waals surface area contributed by atoms with Crippen LogP contribution >= 0.6 is 11.8 Å². The second-order valence-corrected chi connectivity index (χ2v) is 7.54. The zero-order chi connectivity index (χ0) is 13.0. The molecular formula is C13H18O3S2. The number of aryl methyl sites for hydroxylation is 1. The summed E-state index contributed by atoms with van der Waals surface area (Å²) in [4.78, 5) is 0.243. The van der Waals surface area contributed by atoms with Gasteiger partial charge in [0, 0.05) is 5.25 Å². The van der Waals surface area contributed by atoms with Gasteiger partial charge in [-0.2, -0.15) is 20.2 Å². The van der Waals surface area contributed by atoms with Gasteiger partial charge in [0.1, 0.15) is 0 Å². The summed E-state index contributed by atoms with van der Waals surface area (Å²) in [5.74, 6) is 1.19. The Morgan fingerprint density at radius 1 is 1.33 bits per heavy atom. The molecule has 1 fully saturated rings. The number of hydrogen-bond acceptors (Lipinski definition) is 4. The minimum Gasteiger partial charge on any atom is -0.266 e. The zero-order valence-corrected chi connectivity index (χ0v) is 12.1. The van der Waals surface area contributed by atoms with Crippen molar-refractivity contribution in [2.45, 2.75) is 36.3 Å². The van der Waals surface area contributed by atoms with E-state index in [2.05, 4.69) is 0 Å². The van der Waals surface area contributed by atoms with Crippen LogP contribution in [-0.4, -0.2) is 26.0 Å². The highest BCUT2D eigenvalue weighted by molar-refractivity contribution is 8.00. The van der Waals surface area contributed by atoms with E-state index in [1.54, 1.807) is 24.3 Å². The van der Waals surface area contributed by atoms with E-state index in [0.717, 1.165) is 12.0 Å². The highest BCUT2D eigenvalue weighted by Crippen LogP contribution is 2.28. The lowest BCUT2D eigenvalue weighted by atomic mass is 10.2. The van der Waals surface area contributed by atoms with Gasteiger partial charge >= 0.3 is 0 Å². The van der Waals surface area contributed by atoms with Crippen molar-refractivity contribution in [3.63, 3.8) is 0 Å². The molecule has 1 atom stereocenters. The van der Waals surface area contributed by atoms with E-state index in [4.69, 9.17) is 4.18 Å². The second kappa shape index (κ2) is 6.08. The normalized spacial score (nSPS) is 20.2. The number of benzene rings is 1. The van der Waals surface area contributed by atoms with Crippen LogP contribution in [0.5, 0.6) is 0 Å². The number of hydrogen-bond donors (Lipinski definition) is 0. The Morgan fingerprint density at radius 3 is 2.67 bits per heavy atom. The molecule has 0 N–H and O–H groups in total. The maximum Gasteiger partial charge on any atom is 0.296 e. The van der Waals surface area contributed by atoms with Gasteiger partial charge in [0.05, 0.1) is 11.5 Å². The minimum atomic E-state index is -3.58. The third kappa shape index (κ3) is 3.73. The molecule has 100 valence electrons. The standard InChI is InChI=1S/C13H18O3S2/c1-11-4-6-13(7-5-11)18(14,15)16-9-8-12-3-2-10-17-12/h4-7,12H,2-3,8-10H2,1H3. The fourth-order valence-electron chi connectivity index (χ4n) is 1.93. The Kier molecular flexibility index (Phi) is 4.70. The summed E-state index contributed by atoms with van der Waals surface area (Å²) in [5.41, 5.74) is 1.04. The van der Waals surface area contributed by atoms with Gasteiger partial charge in [0.25, 0.3) is 10.1 Å². The van der Waals surface area contributed by atoms with Gasteiger partial charge in [-0.25, -0.2) is 0 Å². The van der Waals surface area contributed by atoms with E-state index < -0.39 is 10.1 Å². The SMILES string of the molecule is Cc1ccc(S(=O)(=O)OCCC2CCCS2)cc1. The highest BCUT2D eigenvalue weighted by atomic mass is 32.2. The molecule has 0 saturated carbocycles. The molecule has 0 aromatic heterocycles. The van der Waals surface area contributed by atoms with Crippen LogP contribution in [-0.2, 0) is 14.3 Å². The molecule has 0 bridgehead atoms. The van der Waals surface area contributed by atoms with Crippen molar-refractivity contribution < 1.29 is 12.6 Å². The largest absolute Gasteiger partial charge is 0.296 e. The molecular weight excluding hydrogens is 268 g/mol. The van der Waals surface area contributed by atoms with E-state index >= 15 is 0 Å². The van der Waals surface area contributed by atoms with Gasteiger partial charge in [0.2, 0.25) is 0 Å². The van der Waals surface area contributed by atoms with Crippen LogP contribution in [0, 0.1) is 6.92 Å². The van der Waals surface area contributed by atoms with Crippen molar-refractivity contribution in [3.8, 4) is 0 Å². The van der Waals surface area contributed by atoms with Crippen LogP contribution in [0.3, 0.4) is 0 Å². The first-order chi connectivity index (χ1) is 8.58. The lowest BCUT2D eigenvalue weighted by Gasteiger charge is -2.09. The van der Waals surface area contributed by atoms with Gasteiger partial charge in [-0.3, -0.25) is 4.18 Å². The molecule has 1 aromatic rings. The van der Waals surface area contributed by atoms with Gasteiger partial charge in [-0.1, -0.05) is 17.7 Å². The Labute approximate surface area is 113 Å². The summed E-state index contributed by atoms with van der Waals surface area (Å²) in [7, 11) is -3.58. The number of rotatable bonds is 5. The predicted octanol–water partition coefficient (Wildman–Crippen LogP) is 2.99. The lowest BCUT2D eigenvalue weighted by molar-refractivity contribution is 0.310. The number of thioether (sulfide) groups is 1. The smallest absolute Gasteiger partial charge is 0.266 e. The van der Waals surface area contributed by atoms with Crippen molar-refractivity contribution in [3.05, 3.63) is 29.8 Å². The fourth-order valence-corrected chi connectivity index (χ4v) is 4.12. The quantitative estimate of drug-likeness (QED) is 0.781. The van der Waals surface area contributed by atoms with E-state index in [0.29, 0.717) is 5.25 Å². The molecule has 1 heterocycles. The first-order valence-corrected chi connectivity index (χ1v) is 8.61. The minimum absolute atomic E-state index is 0.243. The summed E-state index contributed by atoms with van der Waals surface area (Å²) < 4.78 is 28.9. The Bertz CT molecular complexity index is 473. The monoisotopic (exact) mass is 286 g/mol. The maximum absolute atomic E-state index is 11.9. The first-order valence-electron chi connectivity index (χ1n) is 6.16. The maximum atomic E-state index is 11.9. The van der Waals surface area contributed by atoms with E-state index in [1.165, 1.54) is 18.6 Å². The van der Waals surface area contributed by atoms with Crippen molar-refractivity contribution in [2.75, 3.05) is 12.4 Å². The topological polar surface area (TPSA) is 43.4 Å². The van der Waals surface area contributed by atoms with Crippen LogP contribution < -0.4 is 0 Å². The average Bonchev–Trinajstić information content (AvgIpc) is 2.82. The van der Waals surface area contributed by atoms with Gasteiger partial charge in [-0.05, 0) is 44.1 Å². The average molecular weight is 286 g/mol. The summed E-state index contributed by atoms with van der Waals surface area (Å²) >= 11 is 1.92. The van der Waals surface area contributed by atoms with Crippen molar-refractivity contribution in [1.29, 1.82) is 0 Å². The van der Waals surface area contributed by atoms with E-state index in [9.17, 15) is 8.42 Å². The molecule has 1 aliphatic heterocycles. The fraction of sp³-hybridized carbons (Fsp3) is 0.538. The Hall–Kier alpha value is -0.520. The van der Waals surface area contributed by atoms with Crippen LogP contribution in [0.25, 0.3) is 0 Å². The van der Waals surface area contributed by atoms with Crippen LogP contribution in [0.1, 0.15) is 24.8 Å². The van der Waals surface area contributed by atoms with Crippen molar-refractivity contribution >= 4 is 21.9 Å². The summed E-state index contributed by atoms with van der Waals surface area (Å²) in [6, 6.07) is 6.75. The molecule has 1 aromatic carbocycles. The molecule has 1 aliphatic rings. The second-order valence-electron chi connectivity index (χ2n) is 4.51. The van der Waals surface area contributed by atoms with Gasteiger partial charge < -0.3 is 0 Å². The molecule has 0 aliphatic carbocycles. The van der Waals surface area contributed by atoms with Crippen LogP contribution in [0.2, 0.25) is 0 Å². The Balaban J connectivity index is 1.88. The molecule has 2 rings (SSSR count). The van der Waals surface area contributed by atoms with Crippen molar-refractivity contribution in [2.24, 2.45) is 0 Å². The molecule has 3 nitrogen and oxygen atoms in total. The van der Waals surface area contributed by atoms with E-state index in [1.807, 2.05) is 18.7 Å². The van der Waals surface area contributed by atoms with Crippen LogP contribution in [0.4, 0.5) is 0 Å². The molecule has 18 heavy (non-hydrogen) atoms. The molecule has 1 saturated heterocycles. The third-order valence-electron chi connectivity index (χ3n) is 3.01. The van der Waals surface area contributed by atoms with Gasteiger partial charge in [-0.15, -0.1) is 0 Å². The highest BCUT2D eigenvalue weighted by Gasteiger charge is 2.18. The third-order valence-corrected chi connectivity index (χ3v) is 5.81. The Morgan fingerprint density at radius 2 is 2.06 bits per heavy atom. The predicted molar refractivity (Wildman–Crippen MR) is 74.4 cm³/mol. The van der Waals surface area contributed by atoms with Crippen molar-refractivity contribution in [1.82, 2.24) is 0 Å². The van der Waals surface area contributed by atoms with E-state index in [-0.39, 0.29) is 11.5 Å². The first kappa shape index (κ1) is 13.9. The zero-order valence-electron chi connectivity index (χ0n) is 10.5. The molecule has 0 amide bonds. The summed E-state index contributed by atoms with van der Waals surface area (Å²) in [5, 5.41) is 0.568.